The quantitative estimate of drug-likeness (QED) is 0.926. The van der Waals surface area contributed by atoms with Crippen LogP contribution in [0, 0.1) is 19.7 Å². The second-order valence-corrected chi connectivity index (χ2v) is 5.72. The topological polar surface area (TPSA) is 24.9 Å². The van der Waals surface area contributed by atoms with Gasteiger partial charge >= 0.3 is 0 Å². The lowest BCUT2D eigenvalue weighted by Crippen LogP contribution is -2.18. The van der Waals surface area contributed by atoms with Crippen molar-refractivity contribution in [3.63, 3.8) is 0 Å². The maximum atomic E-state index is 13.1. The summed E-state index contributed by atoms with van der Waals surface area (Å²) >= 11 is 7.73. The summed E-state index contributed by atoms with van der Waals surface area (Å²) < 4.78 is 13.1. The molecule has 1 N–H and O–H groups in total. The minimum atomic E-state index is -0.329. The second-order valence-electron chi connectivity index (χ2n) is 4.08. The van der Waals surface area contributed by atoms with E-state index in [0.29, 0.717) is 5.02 Å². The van der Waals surface area contributed by atoms with E-state index in [9.17, 15) is 4.39 Å². The number of hydrogen-bond donors (Lipinski definition) is 1. The lowest BCUT2D eigenvalue weighted by molar-refractivity contribution is 0.623. The molecule has 0 fully saturated rings. The first-order chi connectivity index (χ1) is 8.52. The van der Waals surface area contributed by atoms with Crippen molar-refractivity contribution >= 4 is 22.9 Å². The zero-order valence-corrected chi connectivity index (χ0v) is 12.0. The second kappa shape index (κ2) is 5.34. The molecule has 1 atom stereocenters. The zero-order valence-electron chi connectivity index (χ0n) is 10.4. The molecule has 0 saturated heterocycles. The number of nitrogens with zero attached hydrogens (tertiary/aromatic N) is 1. The maximum Gasteiger partial charge on any atom is 0.124 e. The van der Waals surface area contributed by atoms with Gasteiger partial charge in [-0.1, -0.05) is 17.7 Å². The molecule has 0 aliphatic rings. The molecule has 0 aliphatic heterocycles. The predicted octanol–water partition coefficient (Wildman–Crippen LogP) is 3.86. The Kier molecular flexibility index (Phi) is 4.00. The molecule has 2 nitrogen and oxygen atoms in total. The Balaban J connectivity index is 2.45. The molecule has 0 amide bonds. The van der Waals surface area contributed by atoms with Gasteiger partial charge < -0.3 is 5.32 Å². The molecular weight excluding hydrogens is 271 g/mol. The van der Waals surface area contributed by atoms with E-state index in [4.69, 9.17) is 11.6 Å². The van der Waals surface area contributed by atoms with Gasteiger partial charge in [-0.15, -0.1) is 11.3 Å². The number of benzene rings is 1. The molecule has 1 heterocycles. The molecule has 5 heteroatoms. The highest BCUT2D eigenvalue weighted by Gasteiger charge is 2.19. The molecule has 0 saturated carbocycles. The van der Waals surface area contributed by atoms with Crippen molar-refractivity contribution in [2.24, 2.45) is 0 Å². The van der Waals surface area contributed by atoms with Crippen LogP contribution in [0.15, 0.2) is 18.2 Å². The average molecular weight is 285 g/mol. The summed E-state index contributed by atoms with van der Waals surface area (Å²) in [6.07, 6.45) is 0. The lowest BCUT2D eigenvalue weighted by Gasteiger charge is -2.15. The van der Waals surface area contributed by atoms with Gasteiger partial charge in [0.05, 0.1) is 11.7 Å². The first-order valence-corrected chi connectivity index (χ1v) is 6.78. The summed E-state index contributed by atoms with van der Waals surface area (Å²) in [5.41, 5.74) is 1.86. The molecule has 0 aliphatic carbocycles. The third kappa shape index (κ3) is 2.55. The van der Waals surface area contributed by atoms with Crippen LogP contribution in [-0.4, -0.2) is 12.0 Å². The first kappa shape index (κ1) is 13.5. The highest BCUT2D eigenvalue weighted by atomic mass is 35.5. The fraction of sp³-hybridized carbons (Fsp3) is 0.308. The standard InChI is InChI=1S/C13H14ClFN2S/c1-7-8(2)18-13(17-7)12(16-3)10-5-4-9(15)6-11(10)14/h4-6,12,16H,1-3H3. The van der Waals surface area contributed by atoms with Gasteiger partial charge in [0.2, 0.25) is 0 Å². The van der Waals surface area contributed by atoms with E-state index < -0.39 is 0 Å². The SMILES string of the molecule is CNC(c1nc(C)c(C)s1)c1ccc(F)cc1Cl. The van der Waals surface area contributed by atoms with Crippen molar-refractivity contribution in [3.8, 4) is 0 Å². The van der Waals surface area contributed by atoms with Gasteiger partial charge in [-0.25, -0.2) is 9.37 Å². The predicted molar refractivity (Wildman–Crippen MR) is 73.9 cm³/mol. The average Bonchev–Trinajstić information content (AvgIpc) is 2.63. The van der Waals surface area contributed by atoms with Crippen LogP contribution in [0.2, 0.25) is 5.02 Å². The summed E-state index contributed by atoms with van der Waals surface area (Å²) in [5, 5.41) is 4.54. The molecule has 1 aromatic carbocycles. The van der Waals surface area contributed by atoms with Crippen LogP contribution < -0.4 is 5.32 Å². The fourth-order valence-electron chi connectivity index (χ4n) is 1.77. The molecule has 1 aromatic heterocycles. The highest BCUT2D eigenvalue weighted by Crippen LogP contribution is 2.31. The Bertz CT molecular complexity index is 549. The number of halogens is 2. The van der Waals surface area contributed by atoms with Gasteiger partial charge in [0.1, 0.15) is 10.8 Å². The van der Waals surface area contributed by atoms with E-state index in [1.807, 2.05) is 20.9 Å². The molecular formula is C13H14ClFN2S. The van der Waals surface area contributed by atoms with Crippen molar-refractivity contribution in [1.82, 2.24) is 10.3 Å². The number of thiazole rings is 1. The molecule has 96 valence electrons. The minimum Gasteiger partial charge on any atom is -0.307 e. The summed E-state index contributed by atoms with van der Waals surface area (Å²) in [6.45, 7) is 4.02. The Labute approximate surface area is 115 Å². The summed E-state index contributed by atoms with van der Waals surface area (Å²) in [7, 11) is 1.84. The Morgan fingerprint density at radius 2 is 2.11 bits per heavy atom. The van der Waals surface area contributed by atoms with Gasteiger partial charge in [-0.2, -0.15) is 0 Å². The van der Waals surface area contributed by atoms with Gasteiger partial charge in [0.25, 0.3) is 0 Å². The molecule has 0 spiro atoms. The molecule has 1 unspecified atom stereocenters. The number of nitrogens with one attached hydrogen (secondary N) is 1. The van der Waals surface area contributed by atoms with Gasteiger partial charge in [0, 0.05) is 9.90 Å². The molecule has 2 aromatic rings. The zero-order chi connectivity index (χ0) is 13.3. The van der Waals surface area contributed by atoms with Crippen LogP contribution >= 0.6 is 22.9 Å². The maximum absolute atomic E-state index is 13.1. The minimum absolute atomic E-state index is 0.101. The van der Waals surface area contributed by atoms with Crippen LogP contribution in [0.25, 0.3) is 0 Å². The Morgan fingerprint density at radius 1 is 1.39 bits per heavy atom. The number of rotatable bonds is 3. The smallest absolute Gasteiger partial charge is 0.124 e. The van der Waals surface area contributed by atoms with Crippen LogP contribution in [0.1, 0.15) is 27.2 Å². The van der Waals surface area contributed by atoms with Crippen LogP contribution in [0.4, 0.5) is 4.39 Å². The summed E-state index contributed by atoms with van der Waals surface area (Å²) in [6, 6.07) is 4.34. The monoisotopic (exact) mass is 284 g/mol. The molecule has 0 radical (unpaired) electrons. The van der Waals surface area contributed by atoms with Crippen molar-refractivity contribution in [1.29, 1.82) is 0 Å². The molecule has 0 bridgehead atoms. The summed E-state index contributed by atoms with van der Waals surface area (Å²) in [4.78, 5) is 5.71. The third-order valence-corrected chi connectivity index (χ3v) is 4.32. The normalized spacial score (nSPS) is 12.7. The lowest BCUT2D eigenvalue weighted by atomic mass is 10.1. The first-order valence-electron chi connectivity index (χ1n) is 5.59. The van der Waals surface area contributed by atoms with E-state index in [1.165, 1.54) is 17.0 Å². The van der Waals surface area contributed by atoms with Crippen molar-refractivity contribution in [2.45, 2.75) is 19.9 Å². The van der Waals surface area contributed by atoms with E-state index >= 15 is 0 Å². The number of aromatic nitrogens is 1. The van der Waals surface area contributed by atoms with E-state index in [0.717, 1.165) is 16.3 Å². The van der Waals surface area contributed by atoms with Crippen molar-refractivity contribution in [3.05, 3.63) is 50.2 Å². The highest BCUT2D eigenvalue weighted by molar-refractivity contribution is 7.11. The van der Waals surface area contributed by atoms with Crippen molar-refractivity contribution < 1.29 is 4.39 Å². The van der Waals surface area contributed by atoms with Crippen LogP contribution in [-0.2, 0) is 0 Å². The summed E-state index contributed by atoms with van der Waals surface area (Å²) in [5.74, 6) is -0.329. The van der Waals surface area contributed by atoms with Gasteiger partial charge in [-0.05, 0) is 38.6 Å². The largest absolute Gasteiger partial charge is 0.307 e. The van der Waals surface area contributed by atoms with Crippen LogP contribution in [0.5, 0.6) is 0 Å². The number of hydrogen-bond acceptors (Lipinski definition) is 3. The van der Waals surface area contributed by atoms with E-state index in [2.05, 4.69) is 10.3 Å². The number of aryl methyl sites for hydroxylation is 2. The van der Waals surface area contributed by atoms with Crippen molar-refractivity contribution in [2.75, 3.05) is 7.05 Å². The Hall–Kier alpha value is -0.970. The third-order valence-electron chi connectivity index (χ3n) is 2.85. The van der Waals surface area contributed by atoms with Gasteiger partial charge in [0.15, 0.2) is 0 Å². The fourth-order valence-corrected chi connectivity index (χ4v) is 3.10. The molecule has 2 rings (SSSR count). The van der Waals surface area contributed by atoms with E-state index in [-0.39, 0.29) is 11.9 Å². The van der Waals surface area contributed by atoms with Crippen LogP contribution in [0.3, 0.4) is 0 Å². The van der Waals surface area contributed by atoms with E-state index in [1.54, 1.807) is 17.4 Å². The van der Waals surface area contributed by atoms with Gasteiger partial charge in [-0.3, -0.25) is 0 Å². The Morgan fingerprint density at radius 3 is 2.61 bits per heavy atom. The molecule has 18 heavy (non-hydrogen) atoms.